The highest BCUT2D eigenvalue weighted by Crippen LogP contribution is 2.11. The minimum Gasteiger partial charge on any atom is -0.340 e. The number of amides is 1. The standard InChI is InChI=1S/C16H33N3O/c1-5-18(6-2)11-12-19(13-14(3)4)16(20)15-9-7-8-10-17-15/h14-15,17H,5-13H2,1-4H3/t15-/m1/s1. The molecule has 1 N–H and O–H groups in total. The van der Waals surface area contributed by atoms with E-state index in [9.17, 15) is 4.79 Å². The molecule has 1 rings (SSSR count). The maximum atomic E-state index is 12.7. The van der Waals surface area contributed by atoms with E-state index in [-0.39, 0.29) is 6.04 Å². The lowest BCUT2D eigenvalue weighted by atomic mass is 10.0. The maximum absolute atomic E-state index is 12.7. The predicted molar refractivity (Wildman–Crippen MR) is 84.8 cm³/mol. The number of carbonyl (C=O) groups is 1. The Morgan fingerprint density at radius 3 is 2.40 bits per heavy atom. The van der Waals surface area contributed by atoms with E-state index in [4.69, 9.17) is 0 Å². The van der Waals surface area contributed by atoms with Gasteiger partial charge >= 0.3 is 0 Å². The van der Waals surface area contributed by atoms with E-state index in [1.807, 2.05) is 0 Å². The molecule has 4 heteroatoms. The predicted octanol–water partition coefficient (Wildman–Crippen LogP) is 1.95. The first kappa shape index (κ1) is 17.4. The second-order valence-corrected chi connectivity index (χ2v) is 6.21. The zero-order valence-electron chi connectivity index (χ0n) is 13.8. The summed E-state index contributed by atoms with van der Waals surface area (Å²) in [5.74, 6) is 0.838. The molecule has 0 aromatic rings. The second kappa shape index (κ2) is 9.35. The molecular weight excluding hydrogens is 250 g/mol. The van der Waals surface area contributed by atoms with Crippen LogP contribution in [0.2, 0.25) is 0 Å². The number of hydrogen-bond acceptors (Lipinski definition) is 3. The first-order valence-electron chi connectivity index (χ1n) is 8.33. The van der Waals surface area contributed by atoms with Crippen LogP contribution in [0.3, 0.4) is 0 Å². The fraction of sp³-hybridized carbons (Fsp3) is 0.938. The third kappa shape index (κ3) is 5.80. The summed E-state index contributed by atoms with van der Waals surface area (Å²) in [6.45, 7) is 14.6. The van der Waals surface area contributed by atoms with Gasteiger partial charge in [0.15, 0.2) is 0 Å². The average molecular weight is 283 g/mol. The largest absolute Gasteiger partial charge is 0.340 e. The van der Waals surface area contributed by atoms with Gasteiger partial charge in [-0.3, -0.25) is 4.79 Å². The van der Waals surface area contributed by atoms with Gasteiger partial charge in [-0.15, -0.1) is 0 Å². The number of carbonyl (C=O) groups excluding carboxylic acids is 1. The van der Waals surface area contributed by atoms with Crippen molar-refractivity contribution in [1.82, 2.24) is 15.1 Å². The lowest BCUT2D eigenvalue weighted by Gasteiger charge is -2.32. The lowest BCUT2D eigenvalue weighted by molar-refractivity contribution is -0.134. The Hall–Kier alpha value is -0.610. The van der Waals surface area contributed by atoms with Crippen molar-refractivity contribution in [3.8, 4) is 0 Å². The van der Waals surface area contributed by atoms with E-state index in [1.54, 1.807) is 0 Å². The Morgan fingerprint density at radius 2 is 1.90 bits per heavy atom. The molecule has 1 aliphatic rings. The number of nitrogens with one attached hydrogen (secondary N) is 1. The zero-order chi connectivity index (χ0) is 15.0. The molecule has 118 valence electrons. The molecule has 0 spiro atoms. The van der Waals surface area contributed by atoms with Crippen molar-refractivity contribution in [3.63, 3.8) is 0 Å². The zero-order valence-corrected chi connectivity index (χ0v) is 13.8. The van der Waals surface area contributed by atoms with Crippen molar-refractivity contribution in [2.75, 3.05) is 39.3 Å². The van der Waals surface area contributed by atoms with Gasteiger partial charge in [0, 0.05) is 19.6 Å². The van der Waals surface area contributed by atoms with Gasteiger partial charge in [-0.05, 0) is 38.4 Å². The van der Waals surface area contributed by atoms with E-state index >= 15 is 0 Å². The molecule has 0 bridgehead atoms. The van der Waals surface area contributed by atoms with E-state index in [0.717, 1.165) is 45.7 Å². The lowest BCUT2D eigenvalue weighted by Crippen LogP contribution is -2.51. The molecule has 1 aliphatic heterocycles. The fourth-order valence-electron chi connectivity index (χ4n) is 2.82. The van der Waals surface area contributed by atoms with Gasteiger partial charge in [0.05, 0.1) is 6.04 Å². The van der Waals surface area contributed by atoms with E-state index in [0.29, 0.717) is 11.8 Å². The third-order valence-electron chi connectivity index (χ3n) is 4.09. The molecule has 0 radical (unpaired) electrons. The maximum Gasteiger partial charge on any atom is 0.239 e. The SMILES string of the molecule is CCN(CC)CCN(CC(C)C)C(=O)[C@H]1CCCCN1. The molecule has 1 heterocycles. The van der Waals surface area contributed by atoms with Crippen molar-refractivity contribution in [2.45, 2.75) is 53.0 Å². The van der Waals surface area contributed by atoms with Gasteiger partial charge in [0.2, 0.25) is 5.91 Å². The first-order valence-corrected chi connectivity index (χ1v) is 8.33. The molecule has 1 saturated heterocycles. The molecule has 0 unspecified atom stereocenters. The summed E-state index contributed by atoms with van der Waals surface area (Å²) in [6.07, 6.45) is 3.38. The molecule has 0 saturated carbocycles. The molecule has 0 aromatic heterocycles. The summed E-state index contributed by atoms with van der Waals surface area (Å²) in [6, 6.07) is 0.0548. The number of piperidine rings is 1. The summed E-state index contributed by atoms with van der Waals surface area (Å²) in [4.78, 5) is 17.1. The monoisotopic (exact) mass is 283 g/mol. The van der Waals surface area contributed by atoms with Crippen LogP contribution in [0.5, 0.6) is 0 Å². The van der Waals surface area contributed by atoms with Crippen LogP contribution >= 0.6 is 0 Å². The van der Waals surface area contributed by atoms with Gasteiger partial charge in [-0.2, -0.15) is 0 Å². The molecule has 1 amide bonds. The van der Waals surface area contributed by atoms with Gasteiger partial charge < -0.3 is 15.1 Å². The normalized spacial score (nSPS) is 19.6. The molecule has 0 aromatic carbocycles. The number of hydrogen-bond donors (Lipinski definition) is 1. The molecule has 1 atom stereocenters. The van der Waals surface area contributed by atoms with E-state index in [2.05, 4.69) is 42.8 Å². The number of likely N-dealkylation sites (N-methyl/N-ethyl adjacent to an activating group) is 1. The molecule has 0 aliphatic carbocycles. The Labute approximate surface area is 124 Å². The Kier molecular flexibility index (Phi) is 8.15. The van der Waals surface area contributed by atoms with Crippen LogP contribution in [-0.4, -0.2) is 61.0 Å². The smallest absolute Gasteiger partial charge is 0.239 e. The van der Waals surface area contributed by atoms with Crippen LogP contribution < -0.4 is 5.32 Å². The van der Waals surface area contributed by atoms with Gasteiger partial charge in [0.1, 0.15) is 0 Å². The minimum atomic E-state index is 0.0548. The summed E-state index contributed by atoms with van der Waals surface area (Å²) in [5, 5.41) is 3.38. The van der Waals surface area contributed by atoms with Crippen LogP contribution in [0.4, 0.5) is 0 Å². The van der Waals surface area contributed by atoms with Gasteiger partial charge in [-0.25, -0.2) is 0 Å². The van der Waals surface area contributed by atoms with Crippen molar-refractivity contribution in [2.24, 2.45) is 5.92 Å². The topological polar surface area (TPSA) is 35.6 Å². The van der Waals surface area contributed by atoms with Crippen LogP contribution in [0, 0.1) is 5.92 Å². The highest BCUT2D eigenvalue weighted by molar-refractivity contribution is 5.82. The molecule has 1 fully saturated rings. The van der Waals surface area contributed by atoms with Crippen molar-refractivity contribution in [3.05, 3.63) is 0 Å². The van der Waals surface area contributed by atoms with Crippen LogP contribution in [0.1, 0.15) is 47.0 Å². The van der Waals surface area contributed by atoms with E-state index < -0.39 is 0 Å². The van der Waals surface area contributed by atoms with Crippen molar-refractivity contribution >= 4 is 5.91 Å². The summed E-state index contributed by atoms with van der Waals surface area (Å²) in [7, 11) is 0. The molecular formula is C16H33N3O. The summed E-state index contributed by atoms with van der Waals surface area (Å²) < 4.78 is 0. The summed E-state index contributed by atoms with van der Waals surface area (Å²) in [5.41, 5.74) is 0. The second-order valence-electron chi connectivity index (χ2n) is 6.21. The number of nitrogens with zero attached hydrogens (tertiary/aromatic N) is 2. The fourth-order valence-corrected chi connectivity index (χ4v) is 2.82. The Bertz CT molecular complexity index is 271. The van der Waals surface area contributed by atoms with Crippen LogP contribution in [-0.2, 0) is 4.79 Å². The average Bonchev–Trinajstić information content (AvgIpc) is 2.46. The van der Waals surface area contributed by atoms with Crippen LogP contribution in [0.15, 0.2) is 0 Å². The minimum absolute atomic E-state index is 0.0548. The first-order chi connectivity index (χ1) is 9.58. The van der Waals surface area contributed by atoms with Crippen LogP contribution in [0.25, 0.3) is 0 Å². The summed E-state index contributed by atoms with van der Waals surface area (Å²) >= 11 is 0. The van der Waals surface area contributed by atoms with Gasteiger partial charge in [0.25, 0.3) is 0 Å². The third-order valence-corrected chi connectivity index (χ3v) is 4.09. The molecule has 4 nitrogen and oxygen atoms in total. The molecule has 20 heavy (non-hydrogen) atoms. The Morgan fingerprint density at radius 1 is 1.20 bits per heavy atom. The van der Waals surface area contributed by atoms with Crippen molar-refractivity contribution in [1.29, 1.82) is 0 Å². The highest BCUT2D eigenvalue weighted by Gasteiger charge is 2.26. The number of rotatable bonds is 8. The van der Waals surface area contributed by atoms with E-state index in [1.165, 1.54) is 12.8 Å². The Balaban J connectivity index is 2.55. The quantitative estimate of drug-likeness (QED) is 0.739. The highest BCUT2D eigenvalue weighted by atomic mass is 16.2. The van der Waals surface area contributed by atoms with Gasteiger partial charge in [-0.1, -0.05) is 34.1 Å². The van der Waals surface area contributed by atoms with Crippen molar-refractivity contribution < 1.29 is 4.79 Å².